The highest BCUT2D eigenvalue weighted by molar-refractivity contribution is 7.92. The fraction of sp³-hybridized carbons (Fsp3) is 0.350. The van der Waals surface area contributed by atoms with Crippen LogP contribution in [0.5, 0.6) is 0 Å². The third-order valence-corrected chi connectivity index (χ3v) is 8.53. The van der Waals surface area contributed by atoms with E-state index in [-0.39, 0.29) is 15.7 Å². The highest BCUT2D eigenvalue weighted by atomic mass is 32.2. The van der Waals surface area contributed by atoms with Crippen LogP contribution in [0.15, 0.2) is 58.3 Å². The number of carboxylic acid groups (broad SMARTS) is 1. The summed E-state index contributed by atoms with van der Waals surface area (Å²) in [6.07, 6.45) is 0.247. The van der Waals surface area contributed by atoms with Crippen LogP contribution in [0.25, 0.3) is 0 Å². The van der Waals surface area contributed by atoms with Gasteiger partial charge in [0, 0.05) is 27.2 Å². The van der Waals surface area contributed by atoms with Crippen molar-refractivity contribution in [3.63, 3.8) is 0 Å². The van der Waals surface area contributed by atoms with Crippen LogP contribution < -0.4 is 4.72 Å². The van der Waals surface area contributed by atoms with E-state index >= 15 is 0 Å². The Bertz CT molecular complexity index is 1150. The molecule has 1 aliphatic rings. The fourth-order valence-corrected chi connectivity index (χ4v) is 5.52. The summed E-state index contributed by atoms with van der Waals surface area (Å²) >= 11 is 0. The SMILES string of the molecule is CN(C)S(=O)(=O)c1ccc(S(=O)(=O)Nc2ccccc2C2CCN(C(=O)O)CC2)cc1. The molecule has 0 radical (unpaired) electrons. The average Bonchev–Trinajstić information content (AvgIpc) is 2.74. The molecule has 168 valence electrons. The minimum absolute atomic E-state index is 0.00189. The van der Waals surface area contributed by atoms with Crippen molar-refractivity contribution >= 4 is 31.8 Å². The summed E-state index contributed by atoms with van der Waals surface area (Å²) in [6.45, 7) is 0.784. The summed E-state index contributed by atoms with van der Waals surface area (Å²) in [5, 5.41) is 9.12. The van der Waals surface area contributed by atoms with Gasteiger partial charge in [-0.05, 0) is 54.7 Å². The van der Waals surface area contributed by atoms with Crippen LogP contribution in [0.3, 0.4) is 0 Å². The van der Waals surface area contributed by atoms with Gasteiger partial charge in [0.25, 0.3) is 10.0 Å². The molecular weight excluding hydrogens is 442 g/mol. The van der Waals surface area contributed by atoms with Crippen molar-refractivity contribution in [3.05, 3.63) is 54.1 Å². The van der Waals surface area contributed by atoms with Gasteiger partial charge in [-0.1, -0.05) is 18.2 Å². The molecule has 0 aliphatic carbocycles. The van der Waals surface area contributed by atoms with Crippen LogP contribution in [0.1, 0.15) is 24.3 Å². The number of carbonyl (C=O) groups is 1. The molecule has 2 aromatic carbocycles. The van der Waals surface area contributed by atoms with Gasteiger partial charge in [-0.25, -0.2) is 25.9 Å². The summed E-state index contributed by atoms with van der Waals surface area (Å²) in [4.78, 5) is 12.4. The van der Waals surface area contributed by atoms with Gasteiger partial charge in [-0.15, -0.1) is 0 Å². The number of likely N-dealkylation sites (tertiary alicyclic amines) is 1. The number of para-hydroxylation sites is 1. The van der Waals surface area contributed by atoms with E-state index in [0.29, 0.717) is 31.6 Å². The molecule has 0 unspecified atom stereocenters. The van der Waals surface area contributed by atoms with Gasteiger partial charge in [0.2, 0.25) is 10.0 Å². The second-order valence-corrected chi connectivity index (χ2v) is 11.3. The molecule has 1 fully saturated rings. The maximum Gasteiger partial charge on any atom is 0.407 e. The number of hydrogen-bond donors (Lipinski definition) is 2. The standard InChI is InChI=1S/C20H25N3O6S2/c1-22(2)31(28,29)17-9-7-16(8-10-17)30(26,27)21-19-6-4-3-5-18(19)15-11-13-23(14-12-15)20(24)25/h3-10,15,21H,11-14H2,1-2H3,(H,24,25). The van der Waals surface area contributed by atoms with E-state index in [1.165, 1.54) is 43.3 Å². The normalized spacial score (nSPS) is 15.8. The Hall–Kier alpha value is -2.63. The molecule has 1 amide bonds. The third kappa shape index (κ3) is 5.00. The van der Waals surface area contributed by atoms with E-state index < -0.39 is 26.1 Å². The van der Waals surface area contributed by atoms with Gasteiger partial charge in [0.1, 0.15) is 0 Å². The van der Waals surface area contributed by atoms with E-state index in [4.69, 9.17) is 5.11 Å². The first-order chi connectivity index (χ1) is 14.5. The van der Waals surface area contributed by atoms with Gasteiger partial charge in [0.05, 0.1) is 15.5 Å². The Kier molecular flexibility index (Phi) is 6.58. The van der Waals surface area contributed by atoms with Crippen LogP contribution in [-0.4, -0.2) is 64.4 Å². The Balaban J connectivity index is 1.82. The smallest absolute Gasteiger partial charge is 0.407 e. The highest BCUT2D eigenvalue weighted by Gasteiger charge is 2.26. The summed E-state index contributed by atoms with van der Waals surface area (Å²) in [5.41, 5.74) is 1.24. The van der Waals surface area contributed by atoms with E-state index in [1.54, 1.807) is 12.1 Å². The Labute approximate surface area is 182 Å². The van der Waals surface area contributed by atoms with Crippen molar-refractivity contribution < 1.29 is 26.7 Å². The Morgan fingerprint density at radius 1 is 0.968 bits per heavy atom. The lowest BCUT2D eigenvalue weighted by molar-refractivity contribution is 0.132. The molecule has 31 heavy (non-hydrogen) atoms. The molecule has 3 rings (SSSR count). The molecule has 0 bridgehead atoms. The van der Waals surface area contributed by atoms with Crippen LogP contribution >= 0.6 is 0 Å². The molecule has 2 aromatic rings. The summed E-state index contributed by atoms with van der Waals surface area (Å²) < 4.78 is 53.9. The predicted octanol–water partition coefficient (Wildman–Crippen LogP) is 2.60. The van der Waals surface area contributed by atoms with Crippen LogP contribution in [-0.2, 0) is 20.0 Å². The number of nitrogens with one attached hydrogen (secondary N) is 1. The lowest BCUT2D eigenvalue weighted by atomic mass is 9.88. The first-order valence-electron chi connectivity index (χ1n) is 9.64. The molecule has 1 aliphatic heterocycles. The van der Waals surface area contributed by atoms with Crippen molar-refractivity contribution in [1.82, 2.24) is 9.21 Å². The van der Waals surface area contributed by atoms with Crippen LogP contribution in [0, 0.1) is 0 Å². The van der Waals surface area contributed by atoms with Crippen LogP contribution in [0.4, 0.5) is 10.5 Å². The zero-order valence-electron chi connectivity index (χ0n) is 17.2. The van der Waals surface area contributed by atoms with Crippen molar-refractivity contribution in [2.24, 2.45) is 0 Å². The first-order valence-corrected chi connectivity index (χ1v) is 12.6. The molecule has 0 aromatic heterocycles. The van der Waals surface area contributed by atoms with E-state index in [0.717, 1.165) is 9.87 Å². The Morgan fingerprint density at radius 2 is 1.52 bits per heavy atom. The number of benzene rings is 2. The number of sulfonamides is 2. The molecule has 0 spiro atoms. The van der Waals surface area contributed by atoms with E-state index in [1.807, 2.05) is 12.1 Å². The van der Waals surface area contributed by atoms with Gasteiger partial charge < -0.3 is 10.0 Å². The van der Waals surface area contributed by atoms with Crippen molar-refractivity contribution in [2.45, 2.75) is 28.6 Å². The maximum absolute atomic E-state index is 12.9. The van der Waals surface area contributed by atoms with Crippen molar-refractivity contribution in [1.29, 1.82) is 0 Å². The lowest BCUT2D eigenvalue weighted by Gasteiger charge is -2.31. The second kappa shape index (κ2) is 8.85. The number of nitrogens with zero attached hydrogens (tertiary/aromatic N) is 2. The predicted molar refractivity (Wildman–Crippen MR) is 116 cm³/mol. The van der Waals surface area contributed by atoms with E-state index in [9.17, 15) is 21.6 Å². The summed E-state index contributed by atoms with van der Waals surface area (Å²) in [6, 6.07) is 12.1. The molecule has 11 heteroatoms. The van der Waals surface area contributed by atoms with Gasteiger partial charge in [0.15, 0.2) is 0 Å². The van der Waals surface area contributed by atoms with Gasteiger partial charge in [-0.3, -0.25) is 4.72 Å². The monoisotopic (exact) mass is 467 g/mol. The number of anilines is 1. The van der Waals surface area contributed by atoms with E-state index in [2.05, 4.69) is 4.72 Å². The molecule has 1 heterocycles. The molecule has 9 nitrogen and oxygen atoms in total. The minimum Gasteiger partial charge on any atom is -0.465 e. The van der Waals surface area contributed by atoms with Gasteiger partial charge >= 0.3 is 6.09 Å². The lowest BCUT2D eigenvalue weighted by Crippen LogP contribution is -2.37. The molecule has 1 saturated heterocycles. The highest BCUT2D eigenvalue weighted by Crippen LogP contribution is 2.34. The van der Waals surface area contributed by atoms with Gasteiger partial charge in [-0.2, -0.15) is 0 Å². The number of hydrogen-bond acceptors (Lipinski definition) is 5. The quantitative estimate of drug-likeness (QED) is 0.673. The second-order valence-electron chi connectivity index (χ2n) is 7.50. The number of rotatable bonds is 6. The van der Waals surface area contributed by atoms with Crippen LogP contribution in [0.2, 0.25) is 0 Å². The molecule has 2 N–H and O–H groups in total. The molecule has 0 atom stereocenters. The Morgan fingerprint density at radius 3 is 2.06 bits per heavy atom. The minimum atomic E-state index is -3.94. The first kappa shape index (κ1) is 23.0. The average molecular weight is 468 g/mol. The zero-order valence-corrected chi connectivity index (χ0v) is 18.9. The largest absolute Gasteiger partial charge is 0.465 e. The molecule has 0 saturated carbocycles. The number of amides is 1. The maximum atomic E-state index is 12.9. The fourth-order valence-electron chi connectivity index (χ4n) is 3.53. The van der Waals surface area contributed by atoms with Crippen molar-refractivity contribution in [2.75, 3.05) is 31.9 Å². The summed E-state index contributed by atoms with van der Waals surface area (Å²) in [5.74, 6) is 0.0297. The zero-order chi connectivity index (χ0) is 22.8. The third-order valence-electron chi connectivity index (χ3n) is 5.32. The van der Waals surface area contributed by atoms with Crippen molar-refractivity contribution in [3.8, 4) is 0 Å². The topological polar surface area (TPSA) is 124 Å². The summed E-state index contributed by atoms with van der Waals surface area (Å²) in [7, 11) is -4.80. The number of piperidine rings is 1. The molecular formula is C20H25N3O6S2.